The molecule has 0 saturated heterocycles. The summed E-state index contributed by atoms with van der Waals surface area (Å²) in [6.07, 6.45) is 5.02. The molecule has 3 N–H and O–H groups in total. The van der Waals surface area contributed by atoms with E-state index in [0.717, 1.165) is 12.1 Å². The van der Waals surface area contributed by atoms with Crippen molar-refractivity contribution in [1.82, 2.24) is 5.32 Å². The number of hydrogen-bond donors (Lipinski definition) is 3. The first-order valence-corrected chi connectivity index (χ1v) is 7.61. The van der Waals surface area contributed by atoms with Crippen LogP contribution in [0.2, 0.25) is 0 Å². The molecular weight excluding hydrogens is 250 g/mol. The van der Waals surface area contributed by atoms with Gasteiger partial charge in [-0.25, -0.2) is 0 Å². The fraction of sp³-hybridized carbons (Fsp3) is 0.647. The Kier molecular flexibility index (Phi) is 6.34. The summed E-state index contributed by atoms with van der Waals surface area (Å²) in [6.45, 7) is 9.73. The topological polar surface area (TPSA) is 52.5 Å². The van der Waals surface area contributed by atoms with E-state index in [-0.39, 0.29) is 23.0 Å². The van der Waals surface area contributed by atoms with Crippen LogP contribution < -0.4 is 5.32 Å². The number of hydrogen-bond acceptors (Lipinski definition) is 3. The molecule has 0 aromatic heterocycles. The minimum atomic E-state index is 0.0704. The van der Waals surface area contributed by atoms with Gasteiger partial charge >= 0.3 is 0 Å². The van der Waals surface area contributed by atoms with Gasteiger partial charge < -0.3 is 15.5 Å². The van der Waals surface area contributed by atoms with Gasteiger partial charge in [-0.05, 0) is 24.8 Å². The first kappa shape index (κ1) is 16.8. The summed E-state index contributed by atoms with van der Waals surface area (Å²) in [5.41, 5.74) is 1.09. The van der Waals surface area contributed by atoms with Crippen molar-refractivity contribution in [2.24, 2.45) is 5.41 Å². The molecule has 1 aromatic rings. The van der Waals surface area contributed by atoms with E-state index in [9.17, 15) is 10.2 Å². The predicted octanol–water partition coefficient (Wildman–Crippen LogP) is 4.35. The Bertz CT molecular complexity index is 415. The van der Waals surface area contributed by atoms with Crippen LogP contribution in [0.3, 0.4) is 0 Å². The molecule has 0 saturated carbocycles. The predicted molar refractivity (Wildman–Crippen MR) is 84.1 cm³/mol. The average Bonchev–Trinajstić information content (AvgIpc) is 2.36. The maximum Gasteiger partial charge on any atom is 0.124 e. The summed E-state index contributed by atoms with van der Waals surface area (Å²) < 4.78 is 0. The van der Waals surface area contributed by atoms with Gasteiger partial charge in [0.15, 0.2) is 0 Å². The number of phenolic OH excluding ortho intramolecular Hbond substituents is 2. The molecule has 1 atom stereocenters. The van der Waals surface area contributed by atoms with Crippen LogP contribution in [0.1, 0.15) is 65.0 Å². The molecule has 0 bridgehead atoms. The molecule has 0 aliphatic carbocycles. The summed E-state index contributed by atoms with van der Waals surface area (Å²) in [7, 11) is 0. The van der Waals surface area contributed by atoms with Crippen LogP contribution in [0.25, 0.3) is 0 Å². The highest BCUT2D eigenvalue weighted by atomic mass is 16.3. The zero-order valence-electron chi connectivity index (χ0n) is 13.2. The molecule has 0 fully saturated rings. The first-order valence-electron chi connectivity index (χ1n) is 7.61. The highest BCUT2D eigenvalue weighted by Crippen LogP contribution is 2.29. The standard InChI is InChI=1S/C17H29NO2/c1-5-6-7-10-17(3,4)12-18-13(2)15-9-8-14(19)11-16(15)20/h8-9,11,13,18-20H,5-7,10,12H2,1-4H3. The number of benzene rings is 1. The third-order valence-electron chi connectivity index (χ3n) is 3.82. The van der Waals surface area contributed by atoms with Gasteiger partial charge in [0.2, 0.25) is 0 Å². The summed E-state index contributed by atoms with van der Waals surface area (Å²) in [5, 5.41) is 22.7. The summed E-state index contributed by atoms with van der Waals surface area (Å²) in [5.74, 6) is 0.243. The lowest BCUT2D eigenvalue weighted by molar-refractivity contribution is 0.289. The van der Waals surface area contributed by atoms with Crippen molar-refractivity contribution in [2.75, 3.05) is 6.54 Å². The van der Waals surface area contributed by atoms with Gasteiger partial charge in [-0.1, -0.05) is 46.1 Å². The molecule has 114 valence electrons. The van der Waals surface area contributed by atoms with Crippen molar-refractivity contribution < 1.29 is 10.2 Å². The number of unbranched alkanes of at least 4 members (excludes halogenated alkanes) is 2. The Hall–Kier alpha value is -1.22. The lowest BCUT2D eigenvalue weighted by atomic mass is 9.86. The van der Waals surface area contributed by atoms with Crippen molar-refractivity contribution in [1.29, 1.82) is 0 Å². The Morgan fingerprint density at radius 1 is 1.20 bits per heavy atom. The number of nitrogens with one attached hydrogen (secondary N) is 1. The van der Waals surface area contributed by atoms with Crippen molar-refractivity contribution in [3.05, 3.63) is 23.8 Å². The lowest BCUT2D eigenvalue weighted by Gasteiger charge is -2.27. The van der Waals surface area contributed by atoms with Crippen LogP contribution >= 0.6 is 0 Å². The molecule has 0 aliphatic heterocycles. The monoisotopic (exact) mass is 279 g/mol. The van der Waals surface area contributed by atoms with Crippen LogP contribution in [0, 0.1) is 5.41 Å². The Morgan fingerprint density at radius 2 is 1.90 bits per heavy atom. The molecule has 0 amide bonds. The summed E-state index contributed by atoms with van der Waals surface area (Å²) in [4.78, 5) is 0. The van der Waals surface area contributed by atoms with E-state index in [2.05, 4.69) is 26.1 Å². The van der Waals surface area contributed by atoms with Gasteiger partial charge in [-0.3, -0.25) is 0 Å². The Morgan fingerprint density at radius 3 is 2.50 bits per heavy atom. The van der Waals surface area contributed by atoms with E-state index >= 15 is 0 Å². The molecule has 0 spiro atoms. The molecular formula is C17H29NO2. The van der Waals surface area contributed by atoms with E-state index in [0.29, 0.717) is 0 Å². The maximum atomic E-state index is 9.86. The van der Waals surface area contributed by atoms with Gasteiger partial charge in [0, 0.05) is 24.2 Å². The average molecular weight is 279 g/mol. The second-order valence-electron chi connectivity index (χ2n) is 6.47. The molecule has 0 heterocycles. The third kappa shape index (κ3) is 5.41. The van der Waals surface area contributed by atoms with E-state index in [1.807, 2.05) is 6.92 Å². The van der Waals surface area contributed by atoms with Gasteiger partial charge in [0.25, 0.3) is 0 Å². The SMILES string of the molecule is CCCCCC(C)(C)CNC(C)c1ccc(O)cc1O. The number of rotatable bonds is 8. The highest BCUT2D eigenvalue weighted by molar-refractivity contribution is 5.40. The van der Waals surface area contributed by atoms with E-state index in [1.165, 1.54) is 31.7 Å². The summed E-state index contributed by atoms with van der Waals surface area (Å²) >= 11 is 0. The highest BCUT2D eigenvalue weighted by Gasteiger charge is 2.19. The van der Waals surface area contributed by atoms with Gasteiger partial charge in [-0.15, -0.1) is 0 Å². The summed E-state index contributed by atoms with van der Waals surface area (Å²) in [6, 6.07) is 4.84. The van der Waals surface area contributed by atoms with Gasteiger partial charge in [0.1, 0.15) is 11.5 Å². The van der Waals surface area contributed by atoms with Crippen molar-refractivity contribution in [2.45, 2.75) is 59.4 Å². The van der Waals surface area contributed by atoms with E-state index < -0.39 is 0 Å². The third-order valence-corrected chi connectivity index (χ3v) is 3.82. The van der Waals surface area contributed by atoms with Crippen LogP contribution in [0.4, 0.5) is 0 Å². The minimum absolute atomic E-state index is 0.0704. The molecule has 3 heteroatoms. The molecule has 1 aromatic carbocycles. The second-order valence-corrected chi connectivity index (χ2v) is 6.47. The zero-order valence-corrected chi connectivity index (χ0v) is 13.2. The van der Waals surface area contributed by atoms with Crippen molar-refractivity contribution >= 4 is 0 Å². The second kappa shape index (κ2) is 7.53. The zero-order chi connectivity index (χ0) is 15.2. The van der Waals surface area contributed by atoms with Crippen molar-refractivity contribution in [3.8, 4) is 11.5 Å². The van der Waals surface area contributed by atoms with E-state index in [4.69, 9.17) is 0 Å². The Labute approximate surface area is 123 Å². The van der Waals surface area contributed by atoms with Crippen LogP contribution in [0.5, 0.6) is 11.5 Å². The van der Waals surface area contributed by atoms with Crippen LogP contribution in [-0.4, -0.2) is 16.8 Å². The Balaban J connectivity index is 2.51. The largest absolute Gasteiger partial charge is 0.508 e. The molecule has 0 radical (unpaired) electrons. The maximum absolute atomic E-state index is 9.86. The van der Waals surface area contributed by atoms with E-state index in [1.54, 1.807) is 12.1 Å². The molecule has 1 rings (SSSR count). The van der Waals surface area contributed by atoms with Crippen LogP contribution in [-0.2, 0) is 0 Å². The molecule has 1 unspecified atom stereocenters. The molecule has 3 nitrogen and oxygen atoms in total. The molecule has 20 heavy (non-hydrogen) atoms. The number of aromatic hydroxyl groups is 2. The fourth-order valence-electron chi connectivity index (χ4n) is 2.38. The normalized spacial score (nSPS) is 13.4. The van der Waals surface area contributed by atoms with Crippen LogP contribution in [0.15, 0.2) is 18.2 Å². The smallest absolute Gasteiger partial charge is 0.124 e. The van der Waals surface area contributed by atoms with Gasteiger partial charge in [0.05, 0.1) is 0 Å². The fourth-order valence-corrected chi connectivity index (χ4v) is 2.38. The number of phenols is 2. The minimum Gasteiger partial charge on any atom is -0.508 e. The van der Waals surface area contributed by atoms with Gasteiger partial charge in [-0.2, -0.15) is 0 Å². The molecule has 0 aliphatic rings. The quantitative estimate of drug-likeness (QED) is 0.620. The lowest BCUT2D eigenvalue weighted by Crippen LogP contribution is -2.31. The van der Waals surface area contributed by atoms with Crippen molar-refractivity contribution in [3.63, 3.8) is 0 Å². The first-order chi connectivity index (χ1) is 9.35.